The van der Waals surface area contributed by atoms with Gasteiger partial charge in [-0.05, 0) is 6.92 Å². The molecule has 0 spiro atoms. The van der Waals surface area contributed by atoms with Crippen molar-refractivity contribution in [3.05, 3.63) is 6.92 Å². The molecule has 0 N–H and O–H groups in total. The number of hydrogen-bond acceptors (Lipinski definition) is 1. The van der Waals surface area contributed by atoms with Crippen LogP contribution in [0.15, 0.2) is 0 Å². The van der Waals surface area contributed by atoms with Gasteiger partial charge in [-0.15, -0.1) is 0 Å². The standard InChI is InChI=1S/C3H3IN/c1-3(4)2-5/h3H,1H2. The molecule has 0 bridgehead atoms. The van der Waals surface area contributed by atoms with Crippen LogP contribution >= 0.6 is 22.6 Å². The van der Waals surface area contributed by atoms with E-state index in [9.17, 15) is 0 Å². The van der Waals surface area contributed by atoms with Crippen LogP contribution in [-0.4, -0.2) is 3.92 Å². The molecule has 0 aromatic carbocycles. The Balaban J connectivity index is 2.94. The minimum absolute atomic E-state index is 0.0902. The molecule has 0 fully saturated rings. The lowest BCUT2D eigenvalue weighted by atomic mass is 10.6. The zero-order valence-corrected chi connectivity index (χ0v) is 4.77. The number of halogens is 1. The molecule has 2 heteroatoms. The van der Waals surface area contributed by atoms with Crippen LogP contribution in [0.1, 0.15) is 0 Å². The fourth-order valence-corrected chi connectivity index (χ4v) is 0. The van der Waals surface area contributed by atoms with Gasteiger partial charge in [0.1, 0.15) is 0 Å². The largest absolute Gasteiger partial charge is 0.197 e. The maximum Gasteiger partial charge on any atom is 0.0979 e. The molecule has 0 aliphatic rings. The predicted molar refractivity (Wildman–Crippen MR) is 28.8 cm³/mol. The minimum atomic E-state index is -0.0902. The molecular weight excluding hydrogens is 177 g/mol. The Kier molecular flexibility index (Phi) is 2.57. The van der Waals surface area contributed by atoms with Crippen molar-refractivity contribution in [1.82, 2.24) is 0 Å². The summed E-state index contributed by atoms with van der Waals surface area (Å²) in [4.78, 5) is 0. The van der Waals surface area contributed by atoms with Gasteiger partial charge in [-0.25, -0.2) is 0 Å². The van der Waals surface area contributed by atoms with Crippen LogP contribution in [0.4, 0.5) is 0 Å². The monoisotopic (exact) mass is 180 g/mol. The van der Waals surface area contributed by atoms with E-state index >= 15 is 0 Å². The van der Waals surface area contributed by atoms with Gasteiger partial charge >= 0.3 is 0 Å². The second-order valence-corrected chi connectivity index (χ2v) is 2.10. The van der Waals surface area contributed by atoms with E-state index in [1.165, 1.54) is 0 Å². The van der Waals surface area contributed by atoms with Crippen molar-refractivity contribution in [1.29, 1.82) is 5.26 Å². The first kappa shape index (κ1) is 5.22. The van der Waals surface area contributed by atoms with E-state index in [1.807, 2.05) is 28.7 Å². The Morgan fingerprint density at radius 2 is 2.20 bits per heavy atom. The fourth-order valence-electron chi connectivity index (χ4n) is 0. The van der Waals surface area contributed by atoms with Crippen LogP contribution in [0.25, 0.3) is 0 Å². The summed E-state index contributed by atoms with van der Waals surface area (Å²) in [6.07, 6.45) is 0. The summed E-state index contributed by atoms with van der Waals surface area (Å²) >= 11 is 1.93. The number of nitrogens with zero attached hydrogens (tertiary/aromatic N) is 1. The topological polar surface area (TPSA) is 23.8 Å². The number of hydrogen-bond donors (Lipinski definition) is 0. The zero-order valence-electron chi connectivity index (χ0n) is 2.61. The molecule has 5 heavy (non-hydrogen) atoms. The summed E-state index contributed by atoms with van der Waals surface area (Å²) < 4.78 is -0.0902. The van der Waals surface area contributed by atoms with Crippen LogP contribution in [0, 0.1) is 18.3 Å². The molecule has 0 amide bonds. The molecule has 0 saturated carbocycles. The van der Waals surface area contributed by atoms with Gasteiger partial charge in [-0.2, -0.15) is 5.26 Å². The van der Waals surface area contributed by atoms with Crippen molar-refractivity contribution in [2.45, 2.75) is 3.92 Å². The van der Waals surface area contributed by atoms with E-state index in [4.69, 9.17) is 5.26 Å². The molecule has 0 aromatic heterocycles. The Hall–Kier alpha value is 0.220. The lowest BCUT2D eigenvalue weighted by Crippen LogP contribution is -1.76. The Bertz CT molecular complexity index is 52.4. The van der Waals surface area contributed by atoms with Crippen molar-refractivity contribution in [2.75, 3.05) is 0 Å². The van der Waals surface area contributed by atoms with Crippen LogP contribution < -0.4 is 0 Å². The number of rotatable bonds is 0. The SMILES string of the molecule is [CH2]C(I)C#N. The molecular formula is C3H3IN. The third-order valence-electron chi connectivity index (χ3n) is 0.140. The summed E-state index contributed by atoms with van der Waals surface area (Å²) in [5.74, 6) is 0. The summed E-state index contributed by atoms with van der Waals surface area (Å²) in [6.45, 7) is 3.38. The van der Waals surface area contributed by atoms with Crippen molar-refractivity contribution in [3.63, 3.8) is 0 Å². The highest BCUT2D eigenvalue weighted by molar-refractivity contribution is 14.1. The second kappa shape index (κ2) is 2.46. The molecule has 0 rings (SSSR count). The van der Waals surface area contributed by atoms with E-state index in [2.05, 4.69) is 6.92 Å². The maximum atomic E-state index is 7.82. The smallest absolute Gasteiger partial charge is 0.0979 e. The van der Waals surface area contributed by atoms with Gasteiger partial charge in [0.05, 0.1) is 9.99 Å². The molecule has 1 nitrogen and oxygen atoms in total. The summed E-state index contributed by atoms with van der Waals surface area (Å²) in [7, 11) is 0. The molecule has 0 aliphatic heterocycles. The van der Waals surface area contributed by atoms with Gasteiger partial charge in [-0.3, -0.25) is 0 Å². The molecule has 0 saturated heterocycles. The first-order chi connectivity index (χ1) is 2.27. The first-order valence-electron chi connectivity index (χ1n) is 1.14. The van der Waals surface area contributed by atoms with Crippen LogP contribution in [0.5, 0.6) is 0 Å². The molecule has 0 aliphatic carbocycles. The van der Waals surface area contributed by atoms with Crippen LogP contribution in [-0.2, 0) is 0 Å². The molecule has 0 aromatic rings. The summed E-state index contributed by atoms with van der Waals surface area (Å²) in [5, 5.41) is 7.82. The number of alkyl halides is 1. The van der Waals surface area contributed by atoms with Gasteiger partial charge in [0.2, 0.25) is 0 Å². The Labute approximate surface area is 45.1 Å². The van der Waals surface area contributed by atoms with Gasteiger partial charge in [-0.1, -0.05) is 22.6 Å². The van der Waals surface area contributed by atoms with Crippen LogP contribution in [0.3, 0.4) is 0 Å². The Morgan fingerprint density at radius 3 is 2.20 bits per heavy atom. The quantitative estimate of drug-likeness (QED) is 0.405. The lowest BCUT2D eigenvalue weighted by Gasteiger charge is -1.72. The summed E-state index contributed by atoms with van der Waals surface area (Å²) in [5.41, 5.74) is 0. The second-order valence-electron chi connectivity index (χ2n) is 0.597. The average molecular weight is 180 g/mol. The summed E-state index contributed by atoms with van der Waals surface area (Å²) in [6, 6.07) is 1.90. The predicted octanol–water partition coefficient (Wildman–Crippen LogP) is 1.15. The van der Waals surface area contributed by atoms with E-state index < -0.39 is 0 Å². The highest BCUT2D eigenvalue weighted by atomic mass is 127. The van der Waals surface area contributed by atoms with Gasteiger partial charge in [0, 0.05) is 0 Å². The van der Waals surface area contributed by atoms with Crippen molar-refractivity contribution < 1.29 is 0 Å². The van der Waals surface area contributed by atoms with Gasteiger partial charge < -0.3 is 0 Å². The van der Waals surface area contributed by atoms with Crippen molar-refractivity contribution in [2.24, 2.45) is 0 Å². The molecule has 1 radical (unpaired) electrons. The zero-order chi connectivity index (χ0) is 4.28. The normalized spacial score (nSPS) is 13.0. The third kappa shape index (κ3) is 4.22. The molecule has 27 valence electrons. The van der Waals surface area contributed by atoms with E-state index in [-0.39, 0.29) is 3.92 Å². The van der Waals surface area contributed by atoms with E-state index in [0.29, 0.717) is 0 Å². The third-order valence-corrected chi connectivity index (χ3v) is 0.419. The highest BCUT2D eigenvalue weighted by Gasteiger charge is 1.81. The molecule has 1 unspecified atom stereocenters. The fraction of sp³-hybridized carbons (Fsp3) is 0.333. The average Bonchev–Trinajstić information content (AvgIpc) is 1.38. The lowest BCUT2D eigenvalue weighted by molar-refractivity contribution is 1.41. The molecule has 0 heterocycles. The molecule has 1 atom stereocenters. The van der Waals surface area contributed by atoms with Crippen molar-refractivity contribution in [3.8, 4) is 6.07 Å². The van der Waals surface area contributed by atoms with E-state index in [0.717, 1.165) is 0 Å². The van der Waals surface area contributed by atoms with E-state index in [1.54, 1.807) is 0 Å². The minimum Gasteiger partial charge on any atom is -0.197 e. The highest BCUT2D eigenvalue weighted by Crippen LogP contribution is 1.91. The maximum absolute atomic E-state index is 7.82. The number of nitriles is 1. The van der Waals surface area contributed by atoms with Crippen LogP contribution in [0.2, 0.25) is 0 Å². The first-order valence-corrected chi connectivity index (χ1v) is 2.38. The van der Waals surface area contributed by atoms with Crippen molar-refractivity contribution >= 4 is 22.6 Å². The van der Waals surface area contributed by atoms with Gasteiger partial charge in [0.15, 0.2) is 0 Å². The van der Waals surface area contributed by atoms with Gasteiger partial charge in [0.25, 0.3) is 0 Å². The Morgan fingerprint density at radius 1 is 2.00 bits per heavy atom.